The molecule has 0 unspecified atom stereocenters. The van der Waals surface area contributed by atoms with Crippen molar-refractivity contribution in [3.05, 3.63) is 115 Å². The summed E-state index contributed by atoms with van der Waals surface area (Å²) in [4.78, 5) is 39.0. The summed E-state index contributed by atoms with van der Waals surface area (Å²) in [6.45, 7) is 1.55. The minimum absolute atomic E-state index is 0.108. The van der Waals surface area contributed by atoms with Gasteiger partial charge in [-0.1, -0.05) is 52.3 Å². The Morgan fingerprint density at radius 2 is 1.66 bits per heavy atom. The number of hydrogen-bond donors (Lipinski definition) is 1. The van der Waals surface area contributed by atoms with Crippen LogP contribution in [-0.4, -0.2) is 35.3 Å². The highest BCUT2D eigenvalue weighted by atomic mass is 79.9. The quantitative estimate of drug-likeness (QED) is 0.330. The number of halogens is 1. The molecule has 4 rings (SSSR count). The lowest BCUT2D eigenvalue weighted by atomic mass is 10.1. The summed E-state index contributed by atoms with van der Waals surface area (Å²) in [5.74, 6) is -0.174. The van der Waals surface area contributed by atoms with Crippen molar-refractivity contribution in [3.8, 4) is 0 Å². The molecule has 1 heterocycles. The number of fused-ring (bicyclic) bond motifs is 1. The monoisotopic (exact) mass is 535 g/mol. The summed E-state index contributed by atoms with van der Waals surface area (Å²) in [5, 5.41) is 3.33. The Morgan fingerprint density at radius 3 is 2.40 bits per heavy atom. The lowest BCUT2D eigenvalue weighted by Crippen LogP contribution is -2.40. The number of nitrogens with one attached hydrogen (secondary N) is 1. The number of methoxy groups -OCH3 is 1. The minimum atomic E-state index is -0.381. The summed E-state index contributed by atoms with van der Waals surface area (Å²) in [6.07, 6.45) is 0.734. The normalized spacial score (nSPS) is 11.0. The standard InChI is InChI=1S/C27H26BrN3O4/c1-35-15-5-14-29-25(32)21-12-10-19(11-13-21)17-31-26(33)23-8-2-3-9-24(23)30(27(31)34)18-20-6-4-7-22(28)16-20/h2-4,6-13,16H,5,14-15,17-18H2,1H3,(H,29,32). The highest BCUT2D eigenvalue weighted by molar-refractivity contribution is 9.10. The summed E-state index contributed by atoms with van der Waals surface area (Å²) < 4.78 is 8.78. The van der Waals surface area contributed by atoms with Crippen molar-refractivity contribution in [2.75, 3.05) is 20.3 Å². The topological polar surface area (TPSA) is 82.3 Å². The number of carbonyl (C=O) groups excluding carboxylic acids is 1. The van der Waals surface area contributed by atoms with Crippen molar-refractivity contribution in [3.63, 3.8) is 0 Å². The van der Waals surface area contributed by atoms with Gasteiger partial charge in [-0.2, -0.15) is 0 Å². The number of carbonyl (C=O) groups is 1. The number of benzene rings is 3. The number of aromatic nitrogens is 2. The SMILES string of the molecule is COCCCNC(=O)c1ccc(Cn2c(=O)c3ccccc3n(Cc3cccc(Br)c3)c2=O)cc1. The van der Waals surface area contributed by atoms with Gasteiger partial charge in [0.15, 0.2) is 0 Å². The van der Waals surface area contributed by atoms with E-state index in [0.29, 0.717) is 36.2 Å². The molecule has 0 aliphatic heterocycles. The Morgan fingerprint density at radius 1 is 0.914 bits per heavy atom. The number of para-hydroxylation sites is 1. The zero-order valence-electron chi connectivity index (χ0n) is 19.4. The van der Waals surface area contributed by atoms with Gasteiger partial charge in [-0.05, 0) is 53.9 Å². The average molecular weight is 536 g/mol. The van der Waals surface area contributed by atoms with Gasteiger partial charge in [0, 0.05) is 30.3 Å². The Kier molecular flexibility index (Phi) is 7.94. The van der Waals surface area contributed by atoms with Gasteiger partial charge in [-0.15, -0.1) is 0 Å². The first kappa shape index (κ1) is 24.6. The van der Waals surface area contributed by atoms with Gasteiger partial charge in [0.2, 0.25) is 0 Å². The van der Waals surface area contributed by atoms with Gasteiger partial charge in [0.1, 0.15) is 0 Å². The van der Waals surface area contributed by atoms with Crippen LogP contribution in [0.3, 0.4) is 0 Å². The van der Waals surface area contributed by atoms with Crippen molar-refractivity contribution < 1.29 is 9.53 Å². The smallest absolute Gasteiger partial charge is 0.332 e. The van der Waals surface area contributed by atoms with Gasteiger partial charge in [-0.25, -0.2) is 4.79 Å². The third-order valence-corrected chi connectivity index (χ3v) is 6.22. The molecule has 35 heavy (non-hydrogen) atoms. The number of hydrogen-bond acceptors (Lipinski definition) is 4. The Labute approximate surface area is 211 Å². The second-order valence-electron chi connectivity index (χ2n) is 8.21. The van der Waals surface area contributed by atoms with Crippen molar-refractivity contribution in [1.82, 2.24) is 14.5 Å². The van der Waals surface area contributed by atoms with Crippen molar-refractivity contribution in [1.29, 1.82) is 0 Å². The molecule has 4 aromatic rings. The van der Waals surface area contributed by atoms with Crippen LogP contribution in [0.15, 0.2) is 86.9 Å². The molecular weight excluding hydrogens is 510 g/mol. The van der Waals surface area contributed by atoms with E-state index in [1.54, 1.807) is 54.1 Å². The van der Waals surface area contributed by atoms with Crippen LogP contribution in [0, 0.1) is 0 Å². The van der Waals surface area contributed by atoms with Crippen LogP contribution in [0.4, 0.5) is 0 Å². The van der Waals surface area contributed by atoms with E-state index in [1.165, 1.54) is 4.57 Å². The molecule has 0 spiro atoms. The maximum absolute atomic E-state index is 13.5. The molecule has 0 aliphatic rings. The maximum Gasteiger partial charge on any atom is 0.332 e. The van der Waals surface area contributed by atoms with Gasteiger partial charge in [0.25, 0.3) is 11.5 Å². The van der Waals surface area contributed by atoms with E-state index in [9.17, 15) is 14.4 Å². The van der Waals surface area contributed by atoms with E-state index in [1.807, 2.05) is 30.3 Å². The van der Waals surface area contributed by atoms with E-state index in [0.717, 1.165) is 22.0 Å². The number of nitrogens with zero attached hydrogens (tertiary/aromatic N) is 2. The minimum Gasteiger partial charge on any atom is -0.385 e. The summed E-state index contributed by atoms with van der Waals surface area (Å²) in [7, 11) is 1.62. The fraction of sp³-hybridized carbons (Fsp3) is 0.222. The molecule has 0 saturated carbocycles. The maximum atomic E-state index is 13.5. The van der Waals surface area contributed by atoms with Crippen LogP contribution >= 0.6 is 15.9 Å². The summed E-state index contributed by atoms with van der Waals surface area (Å²) in [5.41, 5.74) is 2.09. The predicted octanol–water partition coefficient (Wildman–Crippen LogP) is 3.79. The highest BCUT2D eigenvalue weighted by Gasteiger charge is 2.14. The molecule has 0 saturated heterocycles. The molecule has 3 aromatic carbocycles. The third kappa shape index (κ3) is 5.78. The van der Waals surface area contributed by atoms with Gasteiger partial charge in [-0.3, -0.25) is 18.7 Å². The van der Waals surface area contributed by atoms with Gasteiger partial charge >= 0.3 is 5.69 Å². The molecule has 0 atom stereocenters. The lowest BCUT2D eigenvalue weighted by Gasteiger charge is -2.15. The van der Waals surface area contributed by atoms with E-state index >= 15 is 0 Å². The van der Waals surface area contributed by atoms with E-state index in [2.05, 4.69) is 21.2 Å². The Bertz CT molecular complexity index is 1460. The molecule has 0 bridgehead atoms. The first-order valence-corrected chi connectivity index (χ1v) is 12.1. The summed E-state index contributed by atoms with van der Waals surface area (Å²) >= 11 is 3.47. The highest BCUT2D eigenvalue weighted by Crippen LogP contribution is 2.15. The van der Waals surface area contributed by atoms with E-state index < -0.39 is 0 Å². The first-order chi connectivity index (χ1) is 17.0. The first-order valence-electron chi connectivity index (χ1n) is 11.3. The fourth-order valence-electron chi connectivity index (χ4n) is 3.95. The van der Waals surface area contributed by atoms with Gasteiger partial charge < -0.3 is 10.1 Å². The molecule has 0 aliphatic carbocycles. The van der Waals surface area contributed by atoms with Crippen LogP contribution < -0.4 is 16.6 Å². The molecule has 1 aromatic heterocycles. The largest absolute Gasteiger partial charge is 0.385 e. The fourth-order valence-corrected chi connectivity index (χ4v) is 4.39. The van der Waals surface area contributed by atoms with Crippen molar-refractivity contribution in [2.45, 2.75) is 19.5 Å². The number of amides is 1. The van der Waals surface area contributed by atoms with Crippen molar-refractivity contribution >= 4 is 32.7 Å². The average Bonchev–Trinajstić information content (AvgIpc) is 2.87. The second-order valence-corrected chi connectivity index (χ2v) is 9.12. The molecule has 8 heteroatoms. The van der Waals surface area contributed by atoms with Crippen LogP contribution in [-0.2, 0) is 17.8 Å². The molecule has 180 valence electrons. The molecule has 0 radical (unpaired) electrons. The zero-order chi connectivity index (χ0) is 24.8. The van der Waals surface area contributed by atoms with Crippen LogP contribution in [0.25, 0.3) is 10.9 Å². The van der Waals surface area contributed by atoms with Crippen LogP contribution in [0.2, 0.25) is 0 Å². The third-order valence-electron chi connectivity index (χ3n) is 5.73. The van der Waals surface area contributed by atoms with Gasteiger partial charge in [0.05, 0.1) is 24.0 Å². The molecule has 1 amide bonds. The van der Waals surface area contributed by atoms with Crippen molar-refractivity contribution in [2.24, 2.45) is 0 Å². The van der Waals surface area contributed by atoms with Crippen LogP contribution in [0.1, 0.15) is 27.9 Å². The molecular formula is C27H26BrN3O4. The molecule has 7 nitrogen and oxygen atoms in total. The van der Waals surface area contributed by atoms with Crippen LogP contribution in [0.5, 0.6) is 0 Å². The molecule has 1 N–H and O–H groups in total. The second kappa shape index (κ2) is 11.3. The molecule has 0 fully saturated rings. The van der Waals surface area contributed by atoms with E-state index in [-0.39, 0.29) is 23.7 Å². The zero-order valence-corrected chi connectivity index (χ0v) is 21.0. The number of ether oxygens (including phenoxy) is 1. The predicted molar refractivity (Wildman–Crippen MR) is 140 cm³/mol. The van der Waals surface area contributed by atoms with E-state index in [4.69, 9.17) is 4.74 Å². The number of rotatable bonds is 9. The summed E-state index contributed by atoms with van der Waals surface area (Å²) in [6, 6.07) is 21.8. The Hall–Kier alpha value is -3.49. The lowest BCUT2D eigenvalue weighted by molar-refractivity contribution is 0.0948. The Balaban J connectivity index is 1.64.